The molecule has 0 bridgehead atoms. The van der Waals surface area contributed by atoms with E-state index in [4.69, 9.17) is 11.6 Å². The molecule has 1 aromatic heterocycles. The van der Waals surface area contributed by atoms with E-state index in [1.54, 1.807) is 0 Å². The number of anilines is 3. The molecule has 0 spiro atoms. The number of halogens is 1. The molecule has 8 nitrogen and oxygen atoms in total. The van der Waals surface area contributed by atoms with Crippen molar-refractivity contribution in [2.75, 3.05) is 15.4 Å². The Hall–Kier alpha value is -3.69. The molecule has 0 atom stereocenters. The molecule has 3 N–H and O–H groups in total. The van der Waals surface area contributed by atoms with Gasteiger partial charge in [0.25, 0.3) is 10.0 Å². The molecule has 156 valence electrons. The second kappa shape index (κ2) is 8.58. The van der Waals surface area contributed by atoms with Crippen molar-refractivity contribution in [2.24, 2.45) is 0 Å². The Kier molecular flexibility index (Phi) is 5.70. The molecular weight excluding hydrogens is 438 g/mol. The molecule has 0 fully saturated rings. The van der Waals surface area contributed by atoms with Crippen molar-refractivity contribution in [3.05, 3.63) is 84.0 Å². The minimum atomic E-state index is -3.87. The summed E-state index contributed by atoms with van der Waals surface area (Å²) in [6, 6.07) is 21.4. The van der Waals surface area contributed by atoms with Crippen molar-refractivity contribution >= 4 is 55.6 Å². The van der Waals surface area contributed by atoms with Crippen molar-refractivity contribution in [2.45, 2.75) is 4.90 Å². The van der Waals surface area contributed by atoms with Crippen LogP contribution in [0.15, 0.2) is 83.8 Å². The van der Waals surface area contributed by atoms with Crippen LogP contribution in [0.25, 0.3) is 10.8 Å². The van der Waals surface area contributed by atoms with E-state index >= 15 is 0 Å². The summed E-state index contributed by atoms with van der Waals surface area (Å²) in [6.07, 6.45) is 0. The van der Waals surface area contributed by atoms with E-state index < -0.39 is 16.1 Å². The van der Waals surface area contributed by atoms with Gasteiger partial charge in [-0.05, 0) is 47.9 Å². The highest BCUT2D eigenvalue weighted by atomic mass is 35.5. The normalized spacial score (nSPS) is 11.1. The smallest absolute Gasteiger partial charge is 0.308 e. The summed E-state index contributed by atoms with van der Waals surface area (Å²) in [5.41, 5.74) is 1.10. The van der Waals surface area contributed by atoms with Crippen LogP contribution in [-0.2, 0) is 10.0 Å². The molecule has 31 heavy (non-hydrogen) atoms. The predicted octanol–water partition coefficient (Wildman–Crippen LogP) is 4.73. The number of sulfonamides is 1. The van der Waals surface area contributed by atoms with Gasteiger partial charge in [-0.3, -0.25) is 4.72 Å². The topological polar surface area (TPSA) is 113 Å². The Morgan fingerprint density at radius 3 is 2.29 bits per heavy atom. The Bertz CT molecular complexity index is 1340. The Labute approximate surface area is 183 Å². The van der Waals surface area contributed by atoms with Crippen LogP contribution < -0.4 is 15.4 Å². The quantitative estimate of drug-likeness (QED) is 0.404. The highest BCUT2D eigenvalue weighted by Gasteiger charge is 2.15. The summed E-state index contributed by atoms with van der Waals surface area (Å²) < 4.78 is 27.3. The third-order valence-electron chi connectivity index (χ3n) is 4.33. The zero-order valence-electron chi connectivity index (χ0n) is 15.9. The Morgan fingerprint density at radius 2 is 1.55 bits per heavy atom. The van der Waals surface area contributed by atoms with Crippen molar-refractivity contribution < 1.29 is 13.2 Å². The van der Waals surface area contributed by atoms with Gasteiger partial charge in [0.1, 0.15) is 0 Å². The third-order valence-corrected chi connectivity index (χ3v) is 5.90. The molecule has 0 saturated heterocycles. The fourth-order valence-corrected chi connectivity index (χ4v) is 4.00. The lowest BCUT2D eigenvalue weighted by Crippen LogP contribution is -2.19. The van der Waals surface area contributed by atoms with Crippen molar-refractivity contribution in [3.8, 4) is 0 Å². The Morgan fingerprint density at radius 1 is 0.806 bits per heavy atom. The van der Waals surface area contributed by atoms with Gasteiger partial charge in [0.15, 0.2) is 11.0 Å². The van der Waals surface area contributed by atoms with Gasteiger partial charge < -0.3 is 10.6 Å². The number of nitrogens with zero attached hydrogens (tertiary/aromatic N) is 2. The van der Waals surface area contributed by atoms with E-state index in [0.29, 0.717) is 11.4 Å². The largest absolute Gasteiger partial charge is 0.323 e. The lowest BCUT2D eigenvalue weighted by Gasteiger charge is -2.11. The number of carbonyl (C=O) groups is 1. The van der Waals surface area contributed by atoms with Gasteiger partial charge in [0.05, 0.1) is 10.6 Å². The summed E-state index contributed by atoms with van der Waals surface area (Å²) in [4.78, 5) is 12.4. The average molecular weight is 454 g/mol. The summed E-state index contributed by atoms with van der Waals surface area (Å²) in [5.74, 6) is 0.0427. The van der Waals surface area contributed by atoms with Crippen molar-refractivity contribution in [3.63, 3.8) is 0 Å². The summed E-state index contributed by atoms with van der Waals surface area (Å²) in [6.45, 7) is 0. The fraction of sp³-hybridized carbons (Fsp3) is 0. The molecule has 4 rings (SSSR count). The first-order valence-electron chi connectivity index (χ1n) is 9.09. The predicted molar refractivity (Wildman–Crippen MR) is 121 cm³/mol. The highest BCUT2D eigenvalue weighted by molar-refractivity contribution is 7.92. The molecule has 10 heteroatoms. The third kappa shape index (κ3) is 4.90. The van der Waals surface area contributed by atoms with Crippen LogP contribution in [0.3, 0.4) is 0 Å². The first-order chi connectivity index (χ1) is 14.9. The molecule has 0 aliphatic carbocycles. The molecule has 3 aromatic carbocycles. The molecule has 0 aliphatic heterocycles. The molecule has 2 amide bonds. The molecule has 0 saturated carbocycles. The highest BCUT2D eigenvalue weighted by Crippen LogP contribution is 2.23. The van der Waals surface area contributed by atoms with Gasteiger partial charge in [0, 0.05) is 11.1 Å². The maximum atomic E-state index is 12.5. The first-order valence-corrected chi connectivity index (χ1v) is 10.9. The van der Waals surface area contributed by atoms with Gasteiger partial charge in [0.2, 0.25) is 0 Å². The van der Waals surface area contributed by atoms with E-state index in [1.807, 2.05) is 42.5 Å². The number of hydrogen-bond donors (Lipinski definition) is 3. The molecule has 1 heterocycles. The number of amides is 2. The standard InChI is InChI=1S/C21H16ClN5O3S/c22-19-12-13-20(26-25-19)27-31(29,30)16-10-8-15(9-11-16)23-21(28)24-18-7-3-5-14-4-1-2-6-17(14)18/h1-13H,(H,26,27)(H2,23,24,28). The minimum absolute atomic E-state index is 0.00395. The molecule has 4 aromatic rings. The van der Waals surface area contributed by atoms with E-state index in [2.05, 4.69) is 25.6 Å². The van der Waals surface area contributed by atoms with Crippen LogP contribution in [0.1, 0.15) is 0 Å². The number of benzene rings is 3. The van der Waals surface area contributed by atoms with E-state index in [0.717, 1.165) is 10.8 Å². The van der Waals surface area contributed by atoms with Gasteiger partial charge in [-0.25, -0.2) is 13.2 Å². The van der Waals surface area contributed by atoms with Crippen molar-refractivity contribution in [1.82, 2.24) is 10.2 Å². The summed E-state index contributed by atoms with van der Waals surface area (Å²) in [5, 5.41) is 14.8. The SMILES string of the molecule is O=C(Nc1ccc(S(=O)(=O)Nc2ccc(Cl)nn2)cc1)Nc1cccc2ccccc12. The number of carbonyl (C=O) groups excluding carboxylic acids is 1. The second-order valence-electron chi connectivity index (χ2n) is 6.48. The Balaban J connectivity index is 1.44. The van der Waals surface area contributed by atoms with Gasteiger partial charge in [-0.15, -0.1) is 10.2 Å². The van der Waals surface area contributed by atoms with E-state index in [9.17, 15) is 13.2 Å². The maximum absolute atomic E-state index is 12.5. The maximum Gasteiger partial charge on any atom is 0.323 e. The molecular formula is C21H16ClN5O3S. The number of fused-ring (bicyclic) bond motifs is 1. The van der Waals surface area contributed by atoms with Crippen molar-refractivity contribution in [1.29, 1.82) is 0 Å². The van der Waals surface area contributed by atoms with Gasteiger partial charge in [-0.1, -0.05) is 48.0 Å². The lowest BCUT2D eigenvalue weighted by molar-refractivity contribution is 0.262. The van der Waals surface area contributed by atoms with Crippen LogP contribution in [0.5, 0.6) is 0 Å². The van der Waals surface area contributed by atoms with Crippen LogP contribution in [0.4, 0.5) is 22.0 Å². The van der Waals surface area contributed by atoms with Crippen LogP contribution in [0.2, 0.25) is 5.15 Å². The average Bonchev–Trinajstić information content (AvgIpc) is 2.76. The number of hydrogen-bond acceptors (Lipinski definition) is 5. The molecule has 0 aliphatic rings. The molecule has 0 radical (unpaired) electrons. The summed E-state index contributed by atoms with van der Waals surface area (Å²) in [7, 11) is -3.87. The van der Waals surface area contributed by atoms with Gasteiger partial charge >= 0.3 is 6.03 Å². The number of nitrogens with one attached hydrogen (secondary N) is 3. The zero-order chi connectivity index (χ0) is 21.8. The number of rotatable bonds is 5. The first kappa shape index (κ1) is 20.6. The minimum Gasteiger partial charge on any atom is -0.308 e. The van der Waals surface area contributed by atoms with Crippen LogP contribution in [0, 0.1) is 0 Å². The van der Waals surface area contributed by atoms with Crippen LogP contribution in [-0.4, -0.2) is 24.6 Å². The van der Waals surface area contributed by atoms with Crippen LogP contribution >= 0.6 is 11.6 Å². The lowest BCUT2D eigenvalue weighted by atomic mass is 10.1. The van der Waals surface area contributed by atoms with E-state index in [1.165, 1.54) is 36.4 Å². The van der Waals surface area contributed by atoms with E-state index in [-0.39, 0.29) is 15.9 Å². The summed E-state index contributed by atoms with van der Waals surface area (Å²) >= 11 is 5.65. The number of urea groups is 1. The van der Waals surface area contributed by atoms with Gasteiger partial charge in [-0.2, -0.15) is 0 Å². The second-order valence-corrected chi connectivity index (χ2v) is 8.55. The fourth-order valence-electron chi connectivity index (χ4n) is 2.90. The zero-order valence-corrected chi connectivity index (χ0v) is 17.5. The molecule has 0 unspecified atom stereocenters. The monoisotopic (exact) mass is 453 g/mol. The number of aromatic nitrogens is 2.